The van der Waals surface area contributed by atoms with Gasteiger partial charge in [0.25, 0.3) is 11.8 Å². The van der Waals surface area contributed by atoms with E-state index in [0.29, 0.717) is 12.5 Å². The van der Waals surface area contributed by atoms with Crippen molar-refractivity contribution in [3.05, 3.63) is 41.3 Å². The maximum atomic E-state index is 13.4. The van der Waals surface area contributed by atoms with Crippen molar-refractivity contribution in [3.8, 4) is 17.4 Å². The molecule has 12 heteroatoms. The van der Waals surface area contributed by atoms with Crippen molar-refractivity contribution in [3.63, 3.8) is 0 Å². The summed E-state index contributed by atoms with van der Waals surface area (Å²) in [7, 11) is 1.24. The molecule has 0 spiro atoms. The molecule has 8 nitrogen and oxygen atoms in total. The van der Waals surface area contributed by atoms with Gasteiger partial charge in [0.05, 0.1) is 7.11 Å². The van der Waals surface area contributed by atoms with Crippen LogP contribution in [0.5, 0.6) is 17.4 Å². The smallest absolute Gasteiger partial charge is 0.435 e. The number of hydrogen-bond acceptors (Lipinski definition) is 6. The number of carbonyl (C=O) groups is 2. The van der Waals surface area contributed by atoms with Gasteiger partial charge in [-0.3, -0.25) is 9.59 Å². The van der Waals surface area contributed by atoms with Crippen molar-refractivity contribution in [2.24, 2.45) is 0 Å². The number of methoxy groups -OCH3 is 1. The fourth-order valence-electron chi connectivity index (χ4n) is 2.71. The van der Waals surface area contributed by atoms with E-state index in [1.165, 1.54) is 13.2 Å². The highest BCUT2D eigenvalue weighted by Crippen LogP contribution is 2.34. The van der Waals surface area contributed by atoms with Crippen LogP contribution >= 0.6 is 0 Å². The van der Waals surface area contributed by atoms with Crippen molar-refractivity contribution in [1.29, 1.82) is 0 Å². The Morgan fingerprint density at radius 2 is 2.00 bits per heavy atom. The van der Waals surface area contributed by atoms with E-state index in [9.17, 15) is 27.2 Å². The molecule has 2 N–H and O–H groups in total. The summed E-state index contributed by atoms with van der Waals surface area (Å²) in [5, 5.41) is 11.6. The van der Waals surface area contributed by atoms with E-state index in [1.807, 2.05) is 0 Å². The summed E-state index contributed by atoms with van der Waals surface area (Å²) < 4.78 is 63.0. The molecule has 1 aliphatic rings. The number of aromatic nitrogens is 2. The van der Waals surface area contributed by atoms with E-state index in [4.69, 9.17) is 9.47 Å². The number of alkyl halides is 3. The molecule has 1 aromatic carbocycles. The zero-order valence-electron chi connectivity index (χ0n) is 15.5. The van der Waals surface area contributed by atoms with Crippen LogP contribution in [0.15, 0.2) is 24.3 Å². The van der Waals surface area contributed by atoms with E-state index >= 15 is 0 Å². The number of ether oxygens (including phenoxy) is 2. The summed E-state index contributed by atoms with van der Waals surface area (Å²) >= 11 is 0. The molecule has 2 amide bonds. The number of benzene rings is 1. The topological polar surface area (TPSA) is 102 Å². The van der Waals surface area contributed by atoms with E-state index < -0.39 is 41.1 Å². The minimum Gasteiger partial charge on any atom is -0.493 e. The molecule has 0 saturated carbocycles. The Hall–Kier alpha value is -3.44. The van der Waals surface area contributed by atoms with Gasteiger partial charge in [-0.2, -0.15) is 13.2 Å². The first-order valence-corrected chi connectivity index (χ1v) is 8.71. The first kappa shape index (κ1) is 21.3. The molecule has 3 rings (SSSR count). The number of amides is 2. The molecular formula is C18H16F4N4O4. The third-order valence-corrected chi connectivity index (χ3v) is 4.23. The second kappa shape index (κ2) is 8.51. The SMILES string of the molecule is COc1cc(F)ccc1Oc1nnc(C(F)(F)F)cc1C(=O)NC1CCC(=O)NC1. The van der Waals surface area contributed by atoms with Crippen LogP contribution < -0.4 is 20.1 Å². The van der Waals surface area contributed by atoms with Crippen LogP contribution in [0.3, 0.4) is 0 Å². The summed E-state index contributed by atoms with van der Waals surface area (Å²) in [6, 6.07) is 3.24. The van der Waals surface area contributed by atoms with Crippen molar-refractivity contribution < 1.29 is 36.6 Å². The molecule has 1 unspecified atom stereocenters. The standard InChI is InChI=1S/C18H16F4N4O4/c1-29-13-6-9(19)2-4-12(13)30-17-11(7-14(25-26-17)18(20,21)22)16(28)24-10-3-5-15(27)23-8-10/h2,4,6-7,10H,3,5,8H2,1H3,(H,23,27)(H,24,28). The number of nitrogens with one attached hydrogen (secondary N) is 2. The first-order chi connectivity index (χ1) is 14.2. The first-order valence-electron chi connectivity index (χ1n) is 8.71. The Kier molecular flexibility index (Phi) is 6.04. The van der Waals surface area contributed by atoms with Crippen molar-refractivity contribution >= 4 is 11.8 Å². The highest BCUT2D eigenvalue weighted by molar-refractivity contribution is 5.96. The Balaban J connectivity index is 1.92. The van der Waals surface area contributed by atoms with Gasteiger partial charge in [-0.05, 0) is 24.6 Å². The zero-order chi connectivity index (χ0) is 21.9. The fraction of sp³-hybridized carbons (Fsp3) is 0.333. The summed E-state index contributed by atoms with van der Waals surface area (Å²) in [6.45, 7) is 0.136. The average molecular weight is 428 g/mol. The van der Waals surface area contributed by atoms with Crippen molar-refractivity contribution in [2.45, 2.75) is 25.1 Å². The third-order valence-electron chi connectivity index (χ3n) is 4.23. The van der Waals surface area contributed by atoms with Gasteiger partial charge in [-0.1, -0.05) is 0 Å². The normalized spacial score (nSPS) is 16.6. The third kappa shape index (κ3) is 4.93. The van der Waals surface area contributed by atoms with Crippen LogP contribution in [0, 0.1) is 5.82 Å². The van der Waals surface area contributed by atoms with E-state index in [1.54, 1.807) is 0 Å². The molecule has 1 aromatic heterocycles. The number of carbonyl (C=O) groups excluding carboxylic acids is 2. The van der Waals surface area contributed by atoms with Gasteiger partial charge in [0.2, 0.25) is 5.91 Å². The lowest BCUT2D eigenvalue weighted by atomic mass is 10.1. The number of piperidine rings is 1. The fourth-order valence-corrected chi connectivity index (χ4v) is 2.71. The minimum absolute atomic E-state index is 0.0574. The maximum Gasteiger partial charge on any atom is 0.435 e. The van der Waals surface area contributed by atoms with E-state index in [0.717, 1.165) is 12.1 Å². The Labute approximate surface area is 167 Å². The quantitative estimate of drug-likeness (QED) is 0.710. The van der Waals surface area contributed by atoms with Crippen LogP contribution in [0.25, 0.3) is 0 Å². The van der Waals surface area contributed by atoms with Gasteiger partial charge in [0.1, 0.15) is 11.4 Å². The van der Waals surface area contributed by atoms with Crippen LogP contribution in [-0.2, 0) is 11.0 Å². The molecule has 1 aliphatic heterocycles. The largest absolute Gasteiger partial charge is 0.493 e. The number of hydrogen-bond donors (Lipinski definition) is 2. The Morgan fingerprint density at radius 1 is 1.23 bits per heavy atom. The number of nitrogens with zero attached hydrogens (tertiary/aromatic N) is 2. The highest BCUT2D eigenvalue weighted by atomic mass is 19.4. The predicted molar refractivity (Wildman–Crippen MR) is 93.6 cm³/mol. The number of halogens is 4. The van der Waals surface area contributed by atoms with Crippen molar-refractivity contribution in [1.82, 2.24) is 20.8 Å². The summed E-state index contributed by atoms with van der Waals surface area (Å²) in [6.07, 6.45) is -4.35. The molecular weight excluding hydrogens is 412 g/mol. The lowest BCUT2D eigenvalue weighted by Gasteiger charge is -2.23. The molecule has 0 aliphatic carbocycles. The molecule has 30 heavy (non-hydrogen) atoms. The van der Waals surface area contributed by atoms with Gasteiger partial charge in [0, 0.05) is 25.1 Å². The second-order valence-corrected chi connectivity index (χ2v) is 6.36. The maximum absolute atomic E-state index is 13.4. The van der Waals surface area contributed by atoms with Crippen LogP contribution in [0.4, 0.5) is 17.6 Å². The molecule has 0 radical (unpaired) electrons. The Bertz CT molecular complexity index is 958. The Morgan fingerprint density at radius 3 is 2.63 bits per heavy atom. The molecule has 1 fully saturated rings. The molecule has 1 saturated heterocycles. The van der Waals surface area contributed by atoms with Crippen LogP contribution in [0.1, 0.15) is 28.9 Å². The van der Waals surface area contributed by atoms with Gasteiger partial charge in [0.15, 0.2) is 17.2 Å². The van der Waals surface area contributed by atoms with Gasteiger partial charge < -0.3 is 20.1 Å². The summed E-state index contributed by atoms with van der Waals surface area (Å²) in [4.78, 5) is 23.9. The molecule has 2 aromatic rings. The van der Waals surface area contributed by atoms with Crippen molar-refractivity contribution in [2.75, 3.05) is 13.7 Å². The summed E-state index contributed by atoms with van der Waals surface area (Å²) in [5.74, 6) is -2.37. The van der Waals surface area contributed by atoms with E-state index in [2.05, 4.69) is 20.8 Å². The van der Waals surface area contributed by atoms with Gasteiger partial charge in [-0.15, -0.1) is 10.2 Å². The monoisotopic (exact) mass is 428 g/mol. The molecule has 0 bridgehead atoms. The molecule has 2 heterocycles. The van der Waals surface area contributed by atoms with Gasteiger partial charge >= 0.3 is 6.18 Å². The second-order valence-electron chi connectivity index (χ2n) is 6.36. The average Bonchev–Trinajstić information content (AvgIpc) is 2.70. The highest BCUT2D eigenvalue weighted by Gasteiger charge is 2.35. The van der Waals surface area contributed by atoms with Gasteiger partial charge in [-0.25, -0.2) is 4.39 Å². The lowest BCUT2D eigenvalue weighted by Crippen LogP contribution is -2.47. The predicted octanol–water partition coefficient (Wildman–Crippen LogP) is 2.44. The minimum atomic E-state index is -4.84. The number of rotatable bonds is 5. The van der Waals surface area contributed by atoms with Crippen LogP contribution in [-0.4, -0.2) is 41.7 Å². The molecule has 160 valence electrons. The van der Waals surface area contributed by atoms with E-state index in [-0.39, 0.29) is 30.4 Å². The lowest BCUT2D eigenvalue weighted by molar-refractivity contribution is -0.141. The zero-order valence-corrected chi connectivity index (χ0v) is 15.5. The molecule has 1 atom stereocenters. The summed E-state index contributed by atoms with van der Waals surface area (Å²) in [5.41, 5.74) is -1.91. The van der Waals surface area contributed by atoms with Crippen LogP contribution in [0.2, 0.25) is 0 Å².